The summed E-state index contributed by atoms with van der Waals surface area (Å²) in [7, 11) is 0. The molecule has 5 heteroatoms. The molecular formula is C24H31NO3S. The lowest BCUT2D eigenvalue weighted by Gasteiger charge is -2.21. The number of ether oxygens (including phenoxy) is 1. The van der Waals surface area contributed by atoms with Gasteiger partial charge in [0.25, 0.3) is 0 Å². The van der Waals surface area contributed by atoms with E-state index in [0.717, 1.165) is 16.9 Å². The van der Waals surface area contributed by atoms with Gasteiger partial charge < -0.3 is 15.6 Å². The topological polar surface area (TPSA) is 72.6 Å². The Morgan fingerprint density at radius 1 is 1.14 bits per heavy atom. The van der Waals surface area contributed by atoms with Gasteiger partial charge in [0.05, 0.1) is 6.10 Å². The minimum absolute atomic E-state index is 0.298. The largest absolute Gasteiger partial charge is 0.488 e. The average molecular weight is 414 g/mol. The number of amides is 1. The fourth-order valence-electron chi connectivity index (χ4n) is 3.93. The van der Waals surface area contributed by atoms with Gasteiger partial charge in [-0.2, -0.15) is 11.8 Å². The molecule has 2 aromatic rings. The first kappa shape index (κ1) is 21.7. The van der Waals surface area contributed by atoms with E-state index in [2.05, 4.69) is 30.3 Å². The van der Waals surface area contributed by atoms with Crippen LogP contribution in [0.4, 0.5) is 0 Å². The molecule has 29 heavy (non-hydrogen) atoms. The molecule has 0 aromatic heterocycles. The van der Waals surface area contributed by atoms with Crippen LogP contribution in [0.25, 0.3) is 0 Å². The lowest BCUT2D eigenvalue weighted by Crippen LogP contribution is -2.17. The van der Waals surface area contributed by atoms with Gasteiger partial charge in [-0.15, -0.1) is 0 Å². The first-order chi connectivity index (χ1) is 14.1. The number of hydrogen-bond donors (Lipinski definition) is 2. The molecule has 1 atom stereocenters. The van der Waals surface area contributed by atoms with E-state index in [1.165, 1.54) is 31.2 Å². The summed E-state index contributed by atoms with van der Waals surface area (Å²) in [6.07, 6.45) is 5.37. The molecular weight excluding hydrogens is 382 g/mol. The monoisotopic (exact) mass is 413 g/mol. The molecule has 0 aliphatic heterocycles. The van der Waals surface area contributed by atoms with E-state index >= 15 is 0 Å². The summed E-state index contributed by atoms with van der Waals surface area (Å²) < 4.78 is 6.35. The van der Waals surface area contributed by atoms with Crippen molar-refractivity contribution in [3.63, 3.8) is 0 Å². The molecule has 0 saturated heterocycles. The van der Waals surface area contributed by atoms with Crippen LogP contribution in [-0.2, 0) is 17.8 Å². The molecule has 1 aliphatic rings. The maximum Gasteiger partial charge on any atom is 0.218 e. The molecule has 2 aromatic carbocycles. The molecule has 4 nitrogen and oxygen atoms in total. The van der Waals surface area contributed by atoms with Gasteiger partial charge >= 0.3 is 0 Å². The highest BCUT2D eigenvalue weighted by Crippen LogP contribution is 2.40. The molecule has 156 valence electrons. The number of primary amides is 1. The number of carbonyl (C=O) groups is 1. The molecule has 3 rings (SSSR count). The van der Waals surface area contributed by atoms with E-state index in [4.69, 9.17) is 10.5 Å². The maximum atomic E-state index is 10.9. The number of rotatable bonds is 11. The summed E-state index contributed by atoms with van der Waals surface area (Å²) in [4.78, 5) is 10.9. The molecule has 0 radical (unpaired) electrons. The number of hydrogen-bond acceptors (Lipinski definition) is 4. The highest BCUT2D eigenvalue weighted by Gasteiger charge is 2.23. The lowest BCUT2D eigenvalue weighted by atomic mass is 9.93. The van der Waals surface area contributed by atoms with E-state index in [1.54, 1.807) is 11.8 Å². The van der Waals surface area contributed by atoms with Gasteiger partial charge in [0, 0.05) is 24.3 Å². The van der Waals surface area contributed by atoms with E-state index in [-0.39, 0.29) is 5.91 Å². The first-order valence-corrected chi connectivity index (χ1v) is 11.6. The molecule has 1 aliphatic carbocycles. The van der Waals surface area contributed by atoms with Crippen LogP contribution in [-0.4, -0.2) is 28.6 Å². The van der Waals surface area contributed by atoms with Crippen LogP contribution in [0.1, 0.15) is 54.7 Å². The number of nitrogens with two attached hydrogens (primary N) is 1. The molecule has 1 amide bonds. The van der Waals surface area contributed by atoms with Gasteiger partial charge in [0.2, 0.25) is 5.91 Å². The van der Waals surface area contributed by atoms with Crippen molar-refractivity contribution in [2.75, 3.05) is 11.5 Å². The quantitative estimate of drug-likeness (QED) is 0.534. The van der Waals surface area contributed by atoms with Crippen molar-refractivity contribution >= 4 is 17.7 Å². The summed E-state index contributed by atoms with van der Waals surface area (Å²) >= 11 is 1.56. The molecule has 1 unspecified atom stereocenters. The fraction of sp³-hybridized carbons (Fsp3) is 0.458. The average Bonchev–Trinajstić information content (AvgIpc) is 3.25. The van der Waals surface area contributed by atoms with Crippen molar-refractivity contribution < 1.29 is 14.6 Å². The Bertz CT molecular complexity index is 775. The molecule has 1 saturated carbocycles. The Labute approximate surface area is 177 Å². The van der Waals surface area contributed by atoms with Gasteiger partial charge in [-0.25, -0.2) is 0 Å². The van der Waals surface area contributed by atoms with Gasteiger partial charge in [-0.1, -0.05) is 61.4 Å². The Morgan fingerprint density at radius 2 is 1.90 bits per heavy atom. The fourth-order valence-corrected chi connectivity index (χ4v) is 4.84. The van der Waals surface area contributed by atoms with E-state index in [1.807, 2.05) is 18.2 Å². The van der Waals surface area contributed by atoms with Crippen LogP contribution < -0.4 is 10.5 Å². The first-order valence-electron chi connectivity index (χ1n) is 10.5. The van der Waals surface area contributed by atoms with Crippen molar-refractivity contribution in [1.82, 2.24) is 0 Å². The summed E-state index contributed by atoms with van der Waals surface area (Å²) in [6, 6.07) is 16.5. The van der Waals surface area contributed by atoms with Crippen molar-refractivity contribution in [1.29, 1.82) is 0 Å². The molecule has 3 N–H and O–H groups in total. The Kier molecular flexibility index (Phi) is 8.44. The third-order valence-corrected chi connectivity index (χ3v) is 6.52. The minimum Gasteiger partial charge on any atom is -0.488 e. The van der Waals surface area contributed by atoms with Gasteiger partial charge in [0.15, 0.2) is 0 Å². The Balaban J connectivity index is 1.70. The summed E-state index contributed by atoms with van der Waals surface area (Å²) in [6.45, 7) is 0.529. The van der Waals surface area contributed by atoms with Crippen LogP contribution in [0.3, 0.4) is 0 Å². The highest BCUT2D eigenvalue weighted by atomic mass is 32.2. The SMILES string of the molecule is NC(=O)CCSCC(O)Cc1cccc(C2CCCC2)c1OCc1ccccc1. The number of aliphatic hydroxyl groups excluding tert-OH is 1. The summed E-state index contributed by atoms with van der Waals surface area (Å²) in [5.74, 6) is 2.42. The van der Waals surface area contributed by atoms with E-state index in [0.29, 0.717) is 36.9 Å². The molecule has 1 fully saturated rings. The number of para-hydroxylation sites is 1. The summed E-state index contributed by atoms with van der Waals surface area (Å²) in [5.41, 5.74) is 8.67. The standard InChI is InChI=1S/C24H31NO3S/c25-23(27)13-14-29-17-21(26)15-20-11-6-12-22(19-9-4-5-10-19)24(20)28-16-18-7-2-1-3-8-18/h1-3,6-8,11-12,19,21,26H,4-5,9-10,13-17H2,(H2,25,27). The van der Waals surface area contributed by atoms with Crippen LogP contribution in [0.5, 0.6) is 5.75 Å². The predicted octanol–water partition coefficient (Wildman–Crippen LogP) is 4.44. The zero-order valence-electron chi connectivity index (χ0n) is 16.9. The predicted molar refractivity (Wildman–Crippen MR) is 119 cm³/mol. The van der Waals surface area contributed by atoms with E-state index < -0.39 is 6.10 Å². The Morgan fingerprint density at radius 3 is 2.62 bits per heavy atom. The van der Waals surface area contributed by atoms with Crippen molar-refractivity contribution in [3.8, 4) is 5.75 Å². The maximum absolute atomic E-state index is 10.9. The minimum atomic E-state index is -0.481. The molecule has 0 bridgehead atoms. The third-order valence-electron chi connectivity index (χ3n) is 5.41. The van der Waals surface area contributed by atoms with Crippen molar-refractivity contribution in [2.24, 2.45) is 5.73 Å². The van der Waals surface area contributed by atoms with Gasteiger partial charge in [-0.05, 0) is 35.4 Å². The second-order valence-electron chi connectivity index (χ2n) is 7.74. The zero-order chi connectivity index (χ0) is 20.5. The number of benzene rings is 2. The van der Waals surface area contributed by atoms with Gasteiger partial charge in [-0.3, -0.25) is 4.79 Å². The lowest BCUT2D eigenvalue weighted by molar-refractivity contribution is -0.117. The zero-order valence-corrected chi connectivity index (χ0v) is 17.7. The van der Waals surface area contributed by atoms with Crippen LogP contribution in [0.15, 0.2) is 48.5 Å². The van der Waals surface area contributed by atoms with E-state index in [9.17, 15) is 9.90 Å². The normalized spacial score (nSPS) is 15.3. The second kappa shape index (κ2) is 11.3. The van der Waals surface area contributed by atoms with Gasteiger partial charge in [0.1, 0.15) is 12.4 Å². The van der Waals surface area contributed by atoms with Crippen molar-refractivity contribution in [3.05, 3.63) is 65.2 Å². The summed E-state index contributed by atoms with van der Waals surface area (Å²) in [5, 5.41) is 10.5. The number of aliphatic hydroxyl groups is 1. The molecule has 0 spiro atoms. The number of carbonyl (C=O) groups excluding carboxylic acids is 1. The number of thioether (sulfide) groups is 1. The van der Waals surface area contributed by atoms with Crippen LogP contribution in [0.2, 0.25) is 0 Å². The molecule has 0 heterocycles. The van der Waals surface area contributed by atoms with Crippen LogP contribution >= 0.6 is 11.8 Å². The highest BCUT2D eigenvalue weighted by molar-refractivity contribution is 7.99. The smallest absolute Gasteiger partial charge is 0.218 e. The third kappa shape index (κ3) is 6.79. The second-order valence-corrected chi connectivity index (χ2v) is 8.89. The van der Waals surface area contributed by atoms with Crippen molar-refractivity contribution in [2.45, 2.75) is 57.2 Å². The Hall–Kier alpha value is -1.98. The van der Waals surface area contributed by atoms with Crippen LogP contribution in [0, 0.1) is 0 Å².